The summed E-state index contributed by atoms with van der Waals surface area (Å²) >= 11 is 1.38. The zero-order valence-corrected chi connectivity index (χ0v) is 20.8. The van der Waals surface area contributed by atoms with E-state index in [1.807, 2.05) is 18.2 Å². The number of sulfone groups is 1. The Morgan fingerprint density at radius 2 is 1.79 bits per heavy atom. The molecule has 0 bridgehead atoms. The van der Waals surface area contributed by atoms with E-state index in [1.54, 1.807) is 32.9 Å². The Hall–Kier alpha value is -2.69. The van der Waals surface area contributed by atoms with Gasteiger partial charge in [0.05, 0.1) is 15.1 Å². The number of benzene rings is 2. The minimum absolute atomic E-state index is 0.0490. The third kappa shape index (κ3) is 3.93. The van der Waals surface area contributed by atoms with Gasteiger partial charge in [-0.25, -0.2) is 13.4 Å². The van der Waals surface area contributed by atoms with E-state index >= 15 is 0 Å². The molecule has 34 heavy (non-hydrogen) atoms. The van der Waals surface area contributed by atoms with Gasteiger partial charge in [-0.3, -0.25) is 4.79 Å². The molecular formula is C24H25NO7S2. The molecule has 5 rings (SSSR count). The van der Waals surface area contributed by atoms with Crippen molar-refractivity contribution in [2.75, 3.05) is 20.0 Å². The number of fused-ring (bicyclic) bond motifs is 2. The van der Waals surface area contributed by atoms with Crippen molar-refractivity contribution in [3.8, 4) is 22.1 Å². The van der Waals surface area contributed by atoms with Crippen molar-refractivity contribution in [2.24, 2.45) is 0 Å². The van der Waals surface area contributed by atoms with Crippen LogP contribution in [-0.4, -0.2) is 49.7 Å². The second-order valence-corrected chi connectivity index (χ2v) is 12.6. The highest BCUT2D eigenvalue weighted by atomic mass is 32.2. The van der Waals surface area contributed by atoms with Gasteiger partial charge in [0.2, 0.25) is 6.79 Å². The van der Waals surface area contributed by atoms with Crippen LogP contribution in [0.4, 0.5) is 0 Å². The molecule has 0 atom stereocenters. The van der Waals surface area contributed by atoms with Crippen LogP contribution in [0, 0.1) is 0 Å². The van der Waals surface area contributed by atoms with Gasteiger partial charge < -0.3 is 18.9 Å². The van der Waals surface area contributed by atoms with Crippen molar-refractivity contribution in [3.05, 3.63) is 36.4 Å². The number of carbonyl (C=O) groups excluding carboxylic acids is 1. The molecule has 2 aromatic carbocycles. The minimum atomic E-state index is -4.06. The highest BCUT2D eigenvalue weighted by molar-refractivity contribution is 7.93. The van der Waals surface area contributed by atoms with Gasteiger partial charge in [-0.05, 0) is 57.2 Å². The van der Waals surface area contributed by atoms with Gasteiger partial charge in [-0.1, -0.05) is 0 Å². The molecule has 2 aliphatic rings. The number of ether oxygens (including phenoxy) is 4. The van der Waals surface area contributed by atoms with E-state index in [1.165, 1.54) is 17.4 Å². The summed E-state index contributed by atoms with van der Waals surface area (Å²) in [7, 11) is -4.06. The molecule has 2 aliphatic heterocycles. The fourth-order valence-corrected chi connectivity index (χ4v) is 7.12. The van der Waals surface area contributed by atoms with E-state index in [-0.39, 0.29) is 37.7 Å². The first-order chi connectivity index (χ1) is 16.1. The van der Waals surface area contributed by atoms with E-state index in [0.29, 0.717) is 21.7 Å². The molecule has 1 saturated heterocycles. The molecule has 0 radical (unpaired) electrons. The van der Waals surface area contributed by atoms with Gasteiger partial charge in [0.1, 0.15) is 10.6 Å². The van der Waals surface area contributed by atoms with Gasteiger partial charge in [-0.2, -0.15) is 0 Å². The van der Waals surface area contributed by atoms with Crippen LogP contribution in [-0.2, 0) is 24.1 Å². The third-order valence-corrected chi connectivity index (χ3v) is 9.42. The summed E-state index contributed by atoms with van der Waals surface area (Å²) in [5, 5.41) is 0.732. The van der Waals surface area contributed by atoms with Crippen LogP contribution in [0.2, 0.25) is 0 Å². The van der Waals surface area contributed by atoms with E-state index in [0.717, 1.165) is 10.6 Å². The molecule has 3 heterocycles. The van der Waals surface area contributed by atoms with Crippen molar-refractivity contribution >= 4 is 37.4 Å². The van der Waals surface area contributed by atoms with E-state index in [2.05, 4.69) is 4.98 Å². The molecule has 180 valence electrons. The first-order valence-electron chi connectivity index (χ1n) is 11.0. The first-order valence-corrected chi connectivity index (χ1v) is 13.3. The highest BCUT2D eigenvalue weighted by Gasteiger charge is 2.54. The number of carbonyl (C=O) groups is 1. The molecule has 0 saturated carbocycles. The normalized spacial score (nSPS) is 17.6. The maximum Gasteiger partial charge on any atom is 0.328 e. The van der Waals surface area contributed by atoms with Gasteiger partial charge in [-0.15, -0.1) is 11.3 Å². The van der Waals surface area contributed by atoms with Crippen LogP contribution in [0.25, 0.3) is 20.8 Å². The number of rotatable bonds is 4. The molecule has 0 unspecified atom stereocenters. The summed E-state index contributed by atoms with van der Waals surface area (Å²) in [6.45, 7) is 5.72. The van der Waals surface area contributed by atoms with E-state index in [9.17, 15) is 13.2 Å². The lowest BCUT2D eigenvalue weighted by atomic mass is 9.99. The molecule has 0 amide bonds. The number of hydrogen-bond donors (Lipinski definition) is 0. The molecule has 0 spiro atoms. The Kier molecular flexibility index (Phi) is 5.57. The molecule has 0 N–H and O–H groups in total. The summed E-state index contributed by atoms with van der Waals surface area (Å²) < 4.78 is 48.6. The fourth-order valence-electron chi connectivity index (χ4n) is 4.11. The van der Waals surface area contributed by atoms with Crippen LogP contribution < -0.4 is 9.47 Å². The molecule has 1 aromatic heterocycles. The largest absolute Gasteiger partial charge is 0.459 e. The fraction of sp³-hybridized carbons (Fsp3) is 0.417. The Balaban J connectivity index is 1.54. The molecule has 1 fully saturated rings. The first kappa shape index (κ1) is 23.1. The maximum absolute atomic E-state index is 13.9. The second-order valence-electron chi connectivity index (χ2n) is 9.33. The van der Waals surface area contributed by atoms with E-state index < -0.39 is 26.2 Å². The number of nitrogens with zero attached hydrogens (tertiary/aromatic N) is 1. The third-order valence-electron chi connectivity index (χ3n) is 5.88. The average Bonchev–Trinajstić information content (AvgIpc) is 3.44. The molecule has 10 heteroatoms. The van der Waals surface area contributed by atoms with Crippen LogP contribution in [0.5, 0.6) is 11.5 Å². The van der Waals surface area contributed by atoms with Crippen molar-refractivity contribution in [1.82, 2.24) is 4.98 Å². The lowest BCUT2D eigenvalue weighted by molar-refractivity contribution is -0.160. The number of aromatic nitrogens is 1. The Labute approximate surface area is 201 Å². The summed E-state index contributed by atoms with van der Waals surface area (Å²) in [5.74, 6) is 0.606. The monoisotopic (exact) mass is 503 g/mol. The molecule has 0 aliphatic carbocycles. The van der Waals surface area contributed by atoms with Crippen LogP contribution in [0.15, 0.2) is 41.3 Å². The van der Waals surface area contributed by atoms with Crippen LogP contribution in [0.3, 0.4) is 0 Å². The SMILES string of the molecule is CC(C)(C)OC(=O)C1(S(=O)(=O)c2ccc3nc(-c4ccc5c(c4)OCO5)sc3c2)CCOCC1. The summed E-state index contributed by atoms with van der Waals surface area (Å²) in [6.07, 6.45) is 0.0981. The lowest BCUT2D eigenvalue weighted by Gasteiger charge is -2.36. The van der Waals surface area contributed by atoms with Gasteiger partial charge >= 0.3 is 5.97 Å². The molecular weight excluding hydrogens is 478 g/mol. The van der Waals surface area contributed by atoms with E-state index in [4.69, 9.17) is 18.9 Å². The number of esters is 1. The number of hydrogen-bond acceptors (Lipinski definition) is 9. The second kappa shape index (κ2) is 8.21. The summed E-state index contributed by atoms with van der Waals surface area (Å²) in [5.41, 5.74) is 0.721. The van der Waals surface area contributed by atoms with Gasteiger partial charge in [0.15, 0.2) is 26.1 Å². The maximum atomic E-state index is 13.9. The Morgan fingerprint density at radius 1 is 1.06 bits per heavy atom. The topological polar surface area (TPSA) is 101 Å². The molecule has 8 nitrogen and oxygen atoms in total. The average molecular weight is 504 g/mol. The van der Waals surface area contributed by atoms with Crippen molar-refractivity contribution in [1.29, 1.82) is 0 Å². The predicted molar refractivity (Wildman–Crippen MR) is 127 cm³/mol. The van der Waals surface area contributed by atoms with Crippen LogP contribution >= 0.6 is 11.3 Å². The quantitative estimate of drug-likeness (QED) is 0.484. The zero-order chi connectivity index (χ0) is 24.1. The summed E-state index contributed by atoms with van der Waals surface area (Å²) in [6, 6.07) is 10.4. The molecule has 3 aromatic rings. The Bertz CT molecular complexity index is 1370. The summed E-state index contributed by atoms with van der Waals surface area (Å²) in [4.78, 5) is 18.0. The van der Waals surface area contributed by atoms with Crippen molar-refractivity contribution in [2.45, 2.75) is 48.9 Å². The smallest absolute Gasteiger partial charge is 0.328 e. The standard InChI is InChI=1S/C24H25NO7S2/c1-23(2,3)32-22(26)24(8-10-29-11-9-24)34(27,28)16-5-6-17-20(13-16)33-21(25-17)15-4-7-18-19(12-15)31-14-30-18/h4-7,12-13H,8-11,14H2,1-3H3. The minimum Gasteiger partial charge on any atom is -0.459 e. The van der Waals surface area contributed by atoms with Gasteiger partial charge in [0, 0.05) is 31.6 Å². The zero-order valence-electron chi connectivity index (χ0n) is 19.1. The predicted octanol–water partition coefficient (Wildman–Crippen LogP) is 4.36. The highest BCUT2D eigenvalue weighted by Crippen LogP contribution is 2.41. The van der Waals surface area contributed by atoms with Crippen LogP contribution in [0.1, 0.15) is 33.6 Å². The number of thiazole rings is 1. The Morgan fingerprint density at radius 3 is 2.53 bits per heavy atom. The van der Waals surface area contributed by atoms with Crippen molar-refractivity contribution < 1.29 is 32.2 Å². The lowest BCUT2D eigenvalue weighted by Crippen LogP contribution is -2.53. The van der Waals surface area contributed by atoms with Crippen molar-refractivity contribution in [3.63, 3.8) is 0 Å². The van der Waals surface area contributed by atoms with Gasteiger partial charge in [0.25, 0.3) is 0 Å².